The summed E-state index contributed by atoms with van der Waals surface area (Å²) in [5, 5.41) is 0. The van der Waals surface area contributed by atoms with Crippen LogP contribution in [0.15, 0.2) is 60.7 Å². The van der Waals surface area contributed by atoms with Gasteiger partial charge in [0.2, 0.25) is 0 Å². The number of ether oxygens (including phenoxy) is 2. The zero-order valence-corrected chi connectivity index (χ0v) is 13.8. The standard InChI is InChI=1S/C20H22O3/c1-20(2,3)23-19(21)14-13-16-9-11-17(12-10-16)15-22-18-7-5-4-6-8-18/h4-14H,15H2,1-3H3/b14-13+. The molecule has 0 aromatic heterocycles. The van der Waals surface area contributed by atoms with Crippen LogP contribution in [0.4, 0.5) is 0 Å². The van der Waals surface area contributed by atoms with Crippen molar-refractivity contribution in [2.24, 2.45) is 0 Å². The summed E-state index contributed by atoms with van der Waals surface area (Å²) in [5.41, 5.74) is 1.54. The molecule has 0 aliphatic rings. The van der Waals surface area contributed by atoms with Crippen molar-refractivity contribution in [1.29, 1.82) is 0 Å². The predicted octanol–water partition coefficient (Wildman–Crippen LogP) is 4.62. The fourth-order valence-corrected chi connectivity index (χ4v) is 1.91. The molecular weight excluding hydrogens is 288 g/mol. The summed E-state index contributed by atoms with van der Waals surface area (Å²) in [6, 6.07) is 17.6. The second kappa shape index (κ2) is 7.63. The number of carbonyl (C=O) groups is 1. The molecule has 3 nitrogen and oxygen atoms in total. The second-order valence-corrected chi connectivity index (χ2v) is 6.21. The summed E-state index contributed by atoms with van der Waals surface area (Å²) in [6.45, 7) is 6.06. The number of para-hydroxylation sites is 1. The van der Waals surface area contributed by atoms with Gasteiger partial charge in [-0.3, -0.25) is 0 Å². The molecular formula is C20H22O3. The van der Waals surface area contributed by atoms with Crippen LogP contribution in [0, 0.1) is 0 Å². The first kappa shape index (κ1) is 16.8. The highest BCUT2D eigenvalue weighted by atomic mass is 16.6. The van der Waals surface area contributed by atoms with E-state index in [1.807, 2.05) is 75.4 Å². The molecule has 120 valence electrons. The van der Waals surface area contributed by atoms with Gasteiger partial charge in [-0.25, -0.2) is 4.79 Å². The van der Waals surface area contributed by atoms with E-state index in [0.29, 0.717) is 6.61 Å². The first-order valence-electron chi connectivity index (χ1n) is 7.60. The van der Waals surface area contributed by atoms with Gasteiger partial charge in [0, 0.05) is 6.08 Å². The molecule has 0 N–H and O–H groups in total. The van der Waals surface area contributed by atoms with Crippen LogP contribution in [0.5, 0.6) is 5.75 Å². The van der Waals surface area contributed by atoms with Crippen molar-refractivity contribution in [3.63, 3.8) is 0 Å². The van der Waals surface area contributed by atoms with Crippen molar-refractivity contribution in [3.8, 4) is 5.75 Å². The Balaban J connectivity index is 1.88. The van der Waals surface area contributed by atoms with Gasteiger partial charge in [0.05, 0.1) is 0 Å². The topological polar surface area (TPSA) is 35.5 Å². The molecule has 2 rings (SSSR count). The summed E-state index contributed by atoms with van der Waals surface area (Å²) in [7, 11) is 0. The Kier molecular flexibility index (Phi) is 5.58. The summed E-state index contributed by atoms with van der Waals surface area (Å²) in [6.07, 6.45) is 3.19. The third-order valence-corrected chi connectivity index (χ3v) is 2.95. The average molecular weight is 310 g/mol. The molecule has 0 atom stereocenters. The van der Waals surface area contributed by atoms with Crippen molar-refractivity contribution >= 4 is 12.0 Å². The quantitative estimate of drug-likeness (QED) is 0.597. The molecule has 0 amide bonds. The molecule has 0 heterocycles. The Labute approximate surface area is 137 Å². The lowest BCUT2D eigenvalue weighted by molar-refractivity contribution is -0.148. The first-order chi connectivity index (χ1) is 10.9. The molecule has 0 bridgehead atoms. The molecule has 0 aliphatic carbocycles. The highest BCUT2D eigenvalue weighted by Crippen LogP contribution is 2.13. The van der Waals surface area contributed by atoms with Gasteiger partial charge in [-0.1, -0.05) is 42.5 Å². The SMILES string of the molecule is CC(C)(C)OC(=O)/C=C/c1ccc(COc2ccccc2)cc1. The fourth-order valence-electron chi connectivity index (χ4n) is 1.91. The third kappa shape index (κ3) is 6.39. The number of carbonyl (C=O) groups excluding carboxylic acids is 1. The van der Waals surface area contributed by atoms with Gasteiger partial charge in [0.15, 0.2) is 0 Å². The minimum Gasteiger partial charge on any atom is -0.489 e. The van der Waals surface area contributed by atoms with E-state index in [2.05, 4.69) is 0 Å². The van der Waals surface area contributed by atoms with Crippen molar-refractivity contribution in [2.75, 3.05) is 0 Å². The van der Waals surface area contributed by atoms with Crippen LogP contribution >= 0.6 is 0 Å². The number of benzene rings is 2. The zero-order valence-electron chi connectivity index (χ0n) is 13.8. The van der Waals surface area contributed by atoms with Crippen LogP contribution in [-0.4, -0.2) is 11.6 Å². The maximum atomic E-state index is 11.6. The molecule has 23 heavy (non-hydrogen) atoms. The predicted molar refractivity (Wildman–Crippen MR) is 92.1 cm³/mol. The van der Waals surface area contributed by atoms with E-state index >= 15 is 0 Å². The maximum Gasteiger partial charge on any atom is 0.331 e. The van der Waals surface area contributed by atoms with E-state index in [1.165, 1.54) is 6.08 Å². The van der Waals surface area contributed by atoms with Crippen molar-refractivity contribution < 1.29 is 14.3 Å². The smallest absolute Gasteiger partial charge is 0.331 e. The molecule has 3 heteroatoms. The van der Waals surface area contributed by atoms with Crippen LogP contribution in [0.2, 0.25) is 0 Å². The molecule has 0 spiro atoms. The Morgan fingerprint density at radius 3 is 2.26 bits per heavy atom. The van der Waals surface area contributed by atoms with Crippen LogP contribution in [0.1, 0.15) is 31.9 Å². The number of rotatable bonds is 5. The van der Waals surface area contributed by atoms with Gasteiger partial charge >= 0.3 is 5.97 Å². The van der Waals surface area contributed by atoms with Crippen molar-refractivity contribution in [2.45, 2.75) is 33.0 Å². The molecule has 0 unspecified atom stereocenters. The molecule has 0 saturated heterocycles. The van der Waals surface area contributed by atoms with Crippen LogP contribution in [0.25, 0.3) is 6.08 Å². The van der Waals surface area contributed by atoms with Gasteiger partial charge in [0.25, 0.3) is 0 Å². The minimum absolute atomic E-state index is 0.339. The second-order valence-electron chi connectivity index (χ2n) is 6.21. The molecule has 0 fully saturated rings. The van der Waals surface area contributed by atoms with E-state index in [1.54, 1.807) is 6.08 Å². The molecule has 0 aliphatic heterocycles. The molecule has 2 aromatic rings. The molecule has 0 radical (unpaired) electrons. The van der Waals surface area contributed by atoms with E-state index in [4.69, 9.17) is 9.47 Å². The highest BCUT2D eigenvalue weighted by molar-refractivity contribution is 5.87. The minimum atomic E-state index is -0.472. The average Bonchev–Trinajstić information content (AvgIpc) is 2.51. The van der Waals surface area contributed by atoms with Gasteiger partial charge in [-0.2, -0.15) is 0 Å². The summed E-state index contributed by atoms with van der Waals surface area (Å²) in [4.78, 5) is 11.6. The Bertz CT molecular complexity index is 650. The van der Waals surface area contributed by atoms with Crippen molar-refractivity contribution in [1.82, 2.24) is 0 Å². The normalized spacial score (nSPS) is 11.4. The van der Waals surface area contributed by atoms with Crippen LogP contribution < -0.4 is 4.74 Å². The Morgan fingerprint density at radius 1 is 1.00 bits per heavy atom. The largest absolute Gasteiger partial charge is 0.489 e. The lowest BCUT2D eigenvalue weighted by atomic mass is 10.1. The summed E-state index contributed by atoms with van der Waals surface area (Å²) in [5.74, 6) is 0.510. The lowest BCUT2D eigenvalue weighted by Gasteiger charge is -2.17. The third-order valence-electron chi connectivity index (χ3n) is 2.95. The number of esters is 1. The van der Waals surface area contributed by atoms with Crippen LogP contribution in [0.3, 0.4) is 0 Å². The Hall–Kier alpha value is -2.55. The van der Waals surface area contributed by atoms with E-state index in [-0.39, 0.29) is 5.97 Å². The number of hydrogen-bond donors (Lipinski definition) is 0. The van der Waals surface area contributed by atoms with E-state index < -0.39 is 5.60 Å². The lowest BCUT2D eigenvalue weighted by Crippen LogP contribution is -2.22. The fraction of sp³-hybridized carbons (Fsp3) is 0.250. The van der Waals surface area contributed by atoms with Crippen LogP contribution in [-0.2, 0) is 16.1 Å². The summed E-state index contributed by atoms with van der Waals surface area (Å²) < 4.78 is 10.9. The Morgan fingerprint density at radius 2 is 1.65 bits per heavy atom. The van der Waals surface area contributed by atoms with Gasteiger partial charge < -0.3 is 9.47 Å². The van der Waals surface area contributed by atoms with E-state index in [9.17, 15) is 4.79 Å². The number of hydrogen-bond acceptors (Lipinski definition) is 3. The zero-order chi connectivity index (χ0) is 16.7. The first-order valence-corrected chi connectivity index (χ1v) is 7.60. The van der Waals surface area contributed by atoms with E-state index in [0.717, 1.165) is 16.9 Å². The summed E-state index contributed by atoms with van der Waals surface area (Å²) >= 11 is 0. The van der Waals surface area contributed by atoms with Crippen molar-refractivity contribution in [3.05, 3.63) is 71.8 Å². The van der Waals surface area contributed by atoms with Gasteiger partial charge in [0.1, 0.15) is 18.0 Å². The molecule has 0 saturated carbocycles. The van der Waals surface area contributed by atoms with Gasteiger partial charge in [-0.05, 0) is 50.1 Å². The molecule has 2 aromatic carbocycles. The van der Waals surface area contributed by atoms with Gasteiger partial charge in [-0.15, -0.1) is 0 Å². The maximum absolute atomic E-state index is 11.6. The monoisotopic (exact) mass is 310 g/mol. The highest BCUT2D eigenvalue weighted by Gasteiger charge is 2.13.